The van der Waals surface area contributed by atoms with Crippen LogP contribution in [-0.4, -0.2) is 37.8 Å². The van der Waals surface area contributed by atoms with Crippen LogP contribution in [-0.2, 0) is 24.3 Å². The molecule has 9 heteroatoms. The summed E-state index contributed by atoms with van der Waals surface area (Å²) in [4.78, 5) is 23.0. The van der Waals surface area contributed by atoms with E-state index in [0.29, 0.717) is 10.8 Å². The first-order valence-corrected chi connectivity index (χ1v) is 8.54. The van der Waals surface area contributed by atoms with Crippen molar-refractivity contribution in [2.24, 2.45) is 11.8 Å². The quantitative estimate of drug-likeness (QED) is 0.597. The van der Waals surface area contributed by atoms with E-state index in [1.807, 2.05) is 0 Å². The second kappa shape index (κ2) is 4.80. The number of ether oxygens (including phenoxy) is 1. The zero-order chi connectivity index (χ0) is 14.5. The number of carbonyl (C=O) groups excluding carboxylic acids is 2. The predicted molar refractivity (Wildman–Crippen MR) is 70.8 cm³/mol. The van der Waals surface area contributed by atoms with E-state index in [4.69, 9.17) is 11.6 Å². The van der Waals surface area contributed by atoms with Crippen molar-refractivity contribution >= 4 is 44.9 Å². The Morgan fingerprint density at radius 2 is 1.95 bits per heavy atom. The lowest BCUT2D eigenvalue weighted by atomic mass is 9.89. The third-order valence-electron chi connectivity index (χ3n) is 3.52. The lowest BCUT2D eigenvalue weighted by Gasteiger charge is -2.30. The van der Waals surface area contributed by atoms with Gasteiger partial charge in [0.1, 0.15) is 4.21 Å². The van der Waals surface area contributed by atoms with Crippen LogP contribution in [0.5, 0.6) is 0 Å². The maximum atomic E-state index is 12.4. The number of cyclic esters (lactones) is 2. The van der Waals surface area contributed by atoms with Crippen LogP contribution in [0.15, 0.2) is 16.3 Å². The van der Waals surface area contributed by atoms with Crippen molar-refractivity contribution in [1.29, 1.82) is 0 Å². The largest absolute Gasteiger partial charge is 0.393 e. The van der Waals surface area contributed by atoms with Gasteiger partial charge in [0.05, 0.1) is 16.2 Å². The van der Waals surface area contributed by atoms with Gasteiger partial charge in [0.2, 0.25) is 0 Å². The summed E-state index contributed by atoms with van der Waals surface area (Å²) in [6, 6.07) is 2.95. The molecule has 0 saturated carbocycles. The highest BCUT2D eigenvalue weighted by Crippen LogP contribution is 2.35. The van der Waals surface area contributed by atoms with Crippen LogP contribution in [0.25, 0.3) is 0 Å². The van der Waals surface area contributed by atoms with E-state index in [-0.39, 0.29) is 17.3 Å². The minimum Gasteiger partial charge on any atom is -0.393 e. The first-order valence-electron chi connectivity index (χ1n) is 5.90. The maximum absolute atomic E-state index is 12.4. The molecular formula is C11H10ClNO5S2. The van der Waals surface area contributed by atoms with Crippen LogP contribution in [0.4, 0.5) is 0 Å². The molecule has 2 fully saturated rings. The van der Waals surface area contributed by atoms with Gasteiger partial charge in [0.25, 0.3) is 10.0 Å². The summed E-state index contributed by atoms with van der Waals surface area (Å²) in [6.45, 7) is 0.175. The van der Waals surface area contributed by atoms with Crippen LogP contribution in [0.1, 0.15) is 6.42 Å². The van der Waals surface area contributed by atoms with E-state index >= 15 is 0 Å². The normalized spacial score (nSPS) is 27.4. The molecule has 2 atom stereocenters. The molecule has 0 amide bonds. The minimum atomic E-state index is -3.67. The maximum Gasteiger partial charge on any atom is 0.318 e. The van der Waals surface area contributed by atoms with Gasteiger partial charge in [-0.1, -0.05) is 11.6 Å². The number of carbonyl (C=O) groups is 2. The van der Waals surface area contributed by atoms with Crippen molar-refractivity contribution in [3.8, 4) is 0 Å². The Kier molecular flexibility index (Phi) is 3.36. The van der Waals surface area contributed by atoms with Crippen molar-refractivity contribution in [3.63, 3.8) is 0 Å². The Morgan fingerprint density at radius 1 is 1.25 bits per heavy atom. The molecule has 0 radical (unpaired) electrons. The Labute approximate surface area is 124 Å². The summed E-state index contributed by atoms with van der Waals surface area (Å²) in [5.74, 6) is -2.39. The molecule has 0 aliphatic carbocycles. The highest BCUT2D eigenvalue weighted by molar-refractivity contribution is 7.91. The van der Waals surface area contributed by atoms with Gasteiger partial charge in [0.15, 0.2) is 0 Å². The van der Waals surface area contributed by atoms with Gasteiger partial charge >= 0.3 is 11.9 Å². The van der Waals surface area contributed by atoms with Gasteiger partial charge in [-0.2, -0.15) is 4.31 Å². The molecule has 3 heterocycles. The summed E-state index contributed by atoms with van der Waals surface area (Å²) < 4.78 is 31.1. The number of nitrogens with zero attached hydrogens (tertiary/aromatic N) is 1. The van der Waals surface area contributed by atoms with Gasteiger partial charge in [0, 0.05) is 13.1 Å². The van der Waals surface area contributed by atoms with E-state index < -0.39 is 33.8 Å². The van der Waals surface area contributed by atoms with E-state index in [9.17, 15) is 18.0 Å². The van der Waals surface area contributed by atoms with Crippen molar-refractivity contribution in [3.05, 3.63) is 16.5 Å². The molecule has 6 nitrogen and oxygen atoms in total. The highest BCUT2D eigenvalue weighted by Gasteiger charge is 2.49. The van der Waals surface area contributed by atoms with Crippen LogP contribution in [0.3, 0.4) is 0 Å². The summed E-state index contributed by atoms with van der Waals surface area (Å²) in [5, 5.41) is 0. The van der Waals surface area contributed by atoms with Gasteiger partial charge in [-0.05, 0) is 18.6 Å². The van der Waals surface area contributed by atoms with Crippen molar-refractivity contribution < 1.29 is 22.7 Å². The van der Waals surface area contributed by atoms with Gasteiger partial charge < -0.3 is 4.74 Å². The molecule has 2 aliphatic rings. The average Bonchev–Trinajstić information content (AvgIpc) is 2.95. The standard InChI is InChI=1S/C11H10ClNO5S2/c12-8-1-2-9(19-8)20(16,17)13-4-3-6-7(5-13)11(15)18-10(6)14/h1-2,6-7H,3-5H2. The fourth-order valence-corrected chi connectivity index (χ4v) is 5.59. The number of rotatable bonds is 2. The molecule has 20 heavy (non-hydrogen) atoms. The number of thiophene rings is 1. The SMILES string of the molecule is O=C1OC(=O)C2CN(S(=O)(=O)c3ccc(Cl)s3)CCC12. The highest BCUT2D eigenvalue weighted by atomic mass is 35.5. The second-order valence-electron chi connectivity index (χ2n) is 4.66. The Morgan fingerprint density at radius 3 is 2.60 bits per heavy atom. The van der Waals surface area contributed by atoms with Crippen LogP contribution >= 0.6 is 22.9 Å². The number of piperidine rings is 1. The molecule has 1 aromatic rings. The molecule has 2 saturated heterocycles. The molecule has 0 N–H and O–H groups in total. The number of halogens is 1. The van der Waals surface area contributed by atoms with E-state index in [0.717, 1.165) is 11.3 Å². The number of fused-ring (bicyclic) bond motifs is 1. The molecule has 0 aromatic carbocycles. The van der Waals surface area contributed by atoms with Crippen molar-refractivity contribution in [1.82, 2.24) is 4.31 Å². The van der Waals surface area contributed by atoms with Gasteiger partial charge in [-0.3, -0.25) is 9.59 Å². The van der Waals surface area contributed by atoms with Gasteiger partial charge in [-0.15, -0.1) is 11.3 Å². The second-order valence-corrected chi connectivity index (χ2v) is 8.54. The molecule has 3 rings (SSSR count). The lowest BCUT2D eigenvalue weighted by Crippen LogP contribution is -2.44. The summed E-state index contributed by atoms with van der Waals surface area (Å²) >= 11 is 6.72. The predicted octanol–water partition coefficient (Wildman–Crippen LogP) is 1.11. The first-order chi connectivity index (χ1) is 9.39. The van der Waals surface area contributed by atoms with E-state index in [1.54, 1.807) is 0 Å². The summed E-state index contributed by atoms with van der Waals surface area (Å²) in [5.41, 5.74) is 0. The number of hydrogen-bond acceptors (Lipinski definition) is 6. The Bertz CT molecular complexity index is 683. The zero-order valence-corrected chi connectivity index (χ0v) is 12.5. The third kappa shape index (κ3) is 2.16. The fraction of sp³-hybridized carbons (Fsp3) is 0.455. The Hall–Kier alpha value is -0.960. The fourth-order valence-electron chi connectivity index (χ4n) is 2.48. The molecular weight excluding hydrogens is 326 g/mol. The third-order valence-corrected chi connectivity index (χ3v) is 7.09. The molecule has 1 aromatic heterocycles. The van der Waals surface area contributed by atoms with Crippen LogP contribution in [0, 0.1) is 11.8 Å². The lowest BCUT2D eigenvalue weighted by molar-refractivity contribution is -0.153. The summed E-state index contributed by atoms with van der Waals surface area (Å²) in [7, 11) is -3.67. The van der Waals surface area contributed by atoms with Gasteiger partial charge in [-0.25, -0.2) is 8.42 Å². The molecule has 108 valence electrons. The molecule has 2 aliphatic heterocycles. The Balaban J connectivity index is 1.86. The molecule has 0 spiro atoms. The smallest absolute Gasteiger partial charge is 0.318 e. The number of sulfonamides is 1. The number of hydrogen-bond donors (Lipinski definition) is 0. The average molecular weight is 336 g/mol. The van der Waals surface area contributed by atoms with Crippen molar-refractivity contribution in [2.75, 3.05) is 13.1 Å². The topological polar surface area (TPSA) is 80.8 Å². The van der Waals surface area contributed by atoms with Crippen molar-refractivity contribution in [2.45, 2.75) is 10.6 Å². The monoisotopic (exact) mass is 335 g/mol. The summed E-state index contributed by atoms with van der Waals surface area (Å²) in [6.07, 6.45) is 0.299. The minimum absolute atomic E-state index is 0.0207. The molecule has 2 unspecified atom stereocenters. The first kappa shape index (κ1) is 14.0. The van der Waals surface area contributed by atoms with Crippen LogP contribution in [0.2, 0.25) is 4.34 Å². The zero-order valence-electron chi connectivity index (χ0n) is 10.1. The van der Waals surface area contributed by atoms with Crippen LogP contribution < -0.4 is 0 Å². The van der Waals surface area contributed by atoms with E-state index in [1.165, 1.54) is 16.4 Å². The molecule has 0 bridgehead atoms. The van der Waals surface area contributed by atoms with E-state index in [2.05, 4.69) is 4.74 Å². The number of esters is 2.